The van der Waals surface area contributed by atoms with Gasteiger partial charge in [0.05, 0.1) is 19.4 Å². The Hall–Kier alpha value is -3.14. The molecule has 4 rings (SSSR count). The Labute approximate surface area is 185 Å². The van der Waals surface area contributed by atoms with Gasteiger partial charge in [0.15, 0.2) is 5.56 Å². The van der Waals surface area contributed by atoms with Crippen molar-refractivity contribution in [2.45, 2.75) is 46.2 Å². The summed E-state index contributed by atoms with van der Waals surface area (Å²) < 4.78 is 7.96. The van der Waals surface area contributed by atoms with Gasteiger partial charge in [-0.25, -0.2) is 0 Å². The Morgan fingerprint density at radius 3 is 2.62 bits per heavy atom. The molecule has 32 heavy (non-hydrogen) atoms. The first-order valence-electron chi connectivity index (χ1n) is 11.0. The van der Waals surface area contributed by atoms with Crippen LogP contribution in [0.15, 0.2) is 16.6 Å². The fraction of sp³-hybridized carbons (Fsp3) is 0.545. The summed E-state index contributed by atoms with van der Waals surface area (Å²) in [6.45, 7) is 8.01. The molecule has 1 saturated carbocycles. The number of hydrogen-bond donors (Lipinski definition) is 2. The van der Waals surface area contributed by atoms with Crippen molar-refractivity contribution in [2.24, 2.45) is 5.92 Å². The van der Waals surface area contributed by atoms with Crippen molar-refractivity contribution < 1.29 is 19.4 Å². The molecule has 10 heteroatoms. The number of nitrogens with zero attached hydrogens (tertiary/aromatic N) is 4. The van der Waals surface area contributed by atoms with Gasteiger partial charge in [-0.15, -0.1) is 0 Å². The van der Waals surface area contributed by atoms with Crippen LogP contribution in [0.3, 0.4) is 0 Å². The van der Waals surface area contributed by atoms with Crippen molar-refractivity contribution in [3.05, 3.63) is 33.3 Å². The molecule has 0 unspecified atom stereocenters. The molecule has 2 aliphatic rings. The number of nitrogens with one attached hydrogen (secondary N) is 1. The monoisotopic (exact) mass is 443 g/mol. The van der Waals surface area contributed by atoms with Crippen LogP contribution in [0.4, 0.5) is 0 Å². The Kier molecular flexibility index (Phi) is 6.05. The maximum absolute atomic E-state index is 13.3. The van der Waals surface area contributed by atoms with Gasteiger partial charge in [0.2, 0.25) is 11.8 Å². The van der Waals surface area contributed by atoms with Crippen LogP contribution < -0.4 is 10.9 Å². The summed E-state index contributed by atoms with van der Waals surface area (Å²) in [6, 6.07) is 0.0421. The minimum Gasteiger partial charge on any atom is -0.492 e. The number of fused-ring (bicyclic) bond motifs is 1. The predicted molar refractivity (Wildman–Crippen MR) is 117 cm³/mol. The lowest BCUT2D eigenvalue weighted by molar-refractivity contribution is -0.130. The van der Waals surface area contributed by atoms with Gasteiger partial charge in [-0.3, -0.25) is 19.0 Å². The molecule has 0 bridgehead atoms. The molecule has 0 radical (unpaired) electrons. The Morgan fingerprint density at radius 1 is 1.31 bits per heavy atom. The lowest BCUT2D eigenvalue weighted by Gasteiger charge is -2.27. The highest BCUT2D eigenvalue weighted by atomic mass is 16.5. The molecule has 3 heterocycles. The first-order chi connectivity index (χ1) is 15.3. The van der Waals surface area contributed by atoms with Crippen LogP contribution in [0, 0.1) is 5.92 Å². The van der Waals surface area contributed by atoms with Gasteiger partial charge in [0, 0.05) is 36.8 Å². The van der Waals surface area contributed by atoms with E-state index < -0.39 is 17.3 Å². The van der Waals surface area contributed by atoms with Gasteiger partial charge in [-0.05, 0) is 31.8 Å². The molecule has 0 spiro atoms. The third-order valence-electron chi connectivity index (χ3n) is 5.61. The number of ether oxygens (including phenoxy) is 1. The maximum atomic E-state index is 13.3. The van der Waals surface area contributed by atoms with Crippen molar-refractivity contribution in [2.75, 3.05) is 26.3 Å². The third-order valence-corrected chi connectivity index (χ3v) is 5.61. The summed E-state index contributed by atoms with van der Waals surface area (Å²) in [5, 5.41) is 17.8. The van der Waals surface area contributed by atoms with E-state index in [-0.39, 0.29) is 23.4 Å². The number of hydrogen-bond acceptors (Lipinski definition) is 6. The summed E-state index contributed by atoms with van der Waals surface area (Å²) in [5.74, 6) is -1.11. The fourth-order valence-electron chi connectivity index (χ4n) is 3.84. The van der Waals surface area contributed by atoms with Crippen molar-refractivity contribution in [1.29, 1.82) is 0 Å². The van der Waals surface area contributed by atoms with Gasteiger partial charge < -0.3 is 20.1 Å². The number of carbonyl (C=O) groups excluding carboxylic acids is 2. The fourth-order valence-corrected chi connectivity index (χ4v) is 3.84. The molecule has 1 aliphatic heterocycles. The summed E-state index contributed by atoms with van der Waals surface area (Å²) in [7, 11) is 0. The smallest absolute Gasteiger partial charge is 0.270 e. The highest BCUT2D eigenvalue weighted by molar-refractivity contribution is 5.99. The molecule has 2 aromatic rings. The first-order valence-corrected chi connectivity index (χ1v) is 11.0. The van der Waals surface area contributed by atoms with Crippen molar-refractivity contribution >= 4 is 23.5 Å². The lowest BCUT2D eigenvalue weighted by atomic mass is 10.1. The summed E-state index contributed by atoms with van der Waals surface area (Å²) in [6.07, 6.45) is 4.88. The standard InChI is InChI=1S/C22H29N5O5/c1-13(2)12-26-19-15(10-14(3)20(29)25-6-8-32-9-7-25)11-23-27(19)22(31)17(21(26)30)18(28)24-16-4-5-16/h10-11,13,16,31H,4-9,12H2,1-3H3,(H,24,28)/b14-10+. The molecular formula is C22H29N5O5. The number of aromatic nitrogens is 3. The zero-order valence-corrected chi connectivity index (χ0v) is 18.6. The van der Waals surface area contributed by atoms with Crippen LogP contribution in [0.5, 0.6) is 5.88 Å². The molecule has 0 atom stereocenters. The third kappa shape index (κ3) is 4.27. The number of amides is 2. The average molecular weight is 444 g/mol. The van der Waals surface area contributed by atoms with Gasteiger partial charge in [-0.1, -0.05) is 13.8 Å². The van der Waals surface area contributed by atoms with Crippen molar-refractivity contribution in [3.63, 3.8) is 0 Å². The number of morpholine rings is 1. The van der Waals surface area contributed by atoms with Crippen LogP contribution in [0.25, 0.3) is 11.7 Å². The second-order valence-corrected chi connectivity index (χ2v) is 8.82. The van der Waals surface area contributed by atoms with Gasteiger partial charge in [0.1, 0.15) is 5.65 Å². The zero-order valence-electron chi connectivity index (χ0n) is 18.6. The van der Waals surface area contributed by atoms with Gasteiger partial charge in [0.25, 0.3) is 11.5 Å². The number of rotatable bonds is 6. The van der Waals surface area contributed by atoms with Crippen molar-refractivity contribution in [3.8, 4) is 5.88 Å². The molecular weight excluding hydrogens is 414 g/mol. The van der Waals surface area contributed by atoms with E-state index in [1.807, 2.05) is 13.8 Å². The van der Waals surface area contributed by atoms with E-state index in [0.29, 0.717) is 49.6 Å². The maximum Gasteiger partial charge on any atom is 0.270 e. The van der Waals surface area contributed by atoms with E-state index in [2.05, 4.69) is 10.4 Å². The lowest BCUT2D eigenvalue weighted by Crippen LogP contribution is -2.41. The summed E-state index contributed by atoms with van der Waals surface area (Å²) >= 11 is 0. The van der Waals surface area contributed by atoms with Crippen molar-refractivity contribution in [1.82, 2.24) is 24.4 Å². The van der Waals surface area contributed by atoms with Crippen LogP contribution in [-0.2, 0) is 16.1 Å². The molecule has 0 aromatic carbocycles. The number of aromatic hydroxyl groups is 1. The van der Waals surface area contributed by atoms with E-state index in [4.69, 9.17) is 4.74 Å². The summed E-state index contributed by atoms with van der Waals surface area (Å²) in [5.41, 5.74) is 0.462. The normalized spacial score (nSPS) is 17.2. The van der Waals surface area contributed by atoms with E-state index in [9.17, 15) is 19.5 Å². The SMILES string of the molecule is C/C(=C\c1cnn2c(O)c(C(=O)NC3CC3)c(=O)n(CC(C)C)c12)C(=O)N1CCOCC1. The van der Waals surface area contributed by atoms with E-state index in [0.717, 1.165) is 12.8 Å². The molecule has 2 fully saturated rings. The van der Waals surface area contributed by atoms with Gasteiger partial charge in [-0.2, -0.15) is 9.61 Å². The molecule has 2 N–H and O–H groups in total. The van der Waals surface area contributed by atoms with Crippen LogP contribution in [-0.4, -0.2) is 68.3 Å². The van der Waals surface area contributed by atoms with Crippen LogP contribution >= 0.6 is 0 Å². The van der Waals surface area contributed by atoms with Crippen LogP contribution in [0.2, 0.25) is 0 Å². The summed E-state index contributed by atoms with van der Waals surface area (Å²) in [4.78, 5) is 40.5. The van der Waals surface area contributed by atoms with Gasteiger partial charge >= 0.3 is 0 Å². The van der Waals surface area contributed by atoms with E-state index in [1.165, 1.54) is 15.3 Å². The molecule has 2 aromatic heterocycles. The Balaban J connectivity index is 1.80. The minimum atomic E-state index is -0.597. The predicted octanol–water partition coefficient (Wildman–Crippen LogP) is 1.01. The Bertz CT molecular complexity index is 1140. The van der Waals surface area contributed by atoms with Crippen LogP contribution in [0.1, 0.15) is 49.5 Å². The molecule has 1 saturated heterocycles. The Morgan fingerprint density at radius 2 is 2.00 bits per heavy atom. The van der Waals surface area contributed by atoms with E-state index >= 15 is 0 Å². The topological polar surface area (TPSA) is 118 Å². The second-order valence-electron chi connectivity index (χ2n) is 8.82. The molecule has 10 nitrogen and oxygen atoms in total. The largest absolute Gasteiger partial charge is 0.492 e. The molecule has 1 aliphatic carbocycles. The highest BCUT2D eigenvalue weighted by Crippen LogP contribution is 2.24. The molecule has 2 amide bonds. The zero-order chi connectivity index (χ0) is 23.0. The molecule has 172 valence electrons. The first kappa shape index (κ1) is 22.1. The number of carbonyl (C=O) groups is 2. The minimum absolute atomic E-state index is 0.0421. The highest BCUT2D eigenvalue weighted by Gasteiger charge is 2.30. The average Bonchev–Trinajstić information content (AvgIpc) is 3.48. The second kappa shape index (κ2) is 8.78. The quantitative estimate of drug-likeness (QED) is 0.644. The van der Waals surface area contributed by atoms with E-state index in [1.54, 1.807) is 17.9 Å².